The molecular weight excluding hydrogens is 282 g/mol. The number of hydrogen-bond donors (Lipinski definition) is 1. The molecule has 0 bridgehead atoms. The number of nitro benzene ring substituents is 1. The molecule has 1 aliphatic rings. The summed E-state index contributed by atoms with van der Waals surface area (Å²) in [6, 6.07) is 3.81. The maximum absolute atomic E-state index is 11.3. The third-order valence-corrected chi connectivity index (χ3v) is 4.51. The molecule has 0 amide bonds. The van der Waals surface area contributed by atoms with E-state index in [0.29, 0.717) is 11.6 Å². The number of hydrogen-bond acceptors (Lipinski definition) is 5. The lowest BCUT2D eigenvalue weighted by molar-refractivity contribution is -0.384. The van der Waals surface area contributed by atoms with E-state index in [9.17, 15) is 18.5 Å². The minimum atomic E-state index is -3.94. The summed E-state index contributed by atoms with van der Waals surface area (Å²) in [5, 5.41) is 16.2. The Balaban J connectivity index is 2.41. The van der Waals surface area contributed by atoms with Crippen molar-refractivity contribution in [2.75, 3.05) is 18.0 Å². The van der Waals surface area contributed by atoms with Crippen LogP contribution in [0.4, 0.5) is 11.4 Å². The molecule has 1 heterocycles. The van der Waals surface area contributed by atoms with Crippen molar-refractivity contribution in [3.63, 3.8) is 0 Å². The van der Waals surface area contributed by atoms with Gasteiger partial charge in [0, 0.05) is 19.2 Å². The average molecular weight is 299 g/mol. The van der Waals surface area contributed by atoms with Crippen molar-refractivity contribution in [3.05, 3.63) is 28.3 Å². The lowest BCUT2D eigenvalue weighted by Crippen LogP contribution is -2.33. The predicted octanol–water partition coefficient (Wildman–Crippen LogP) is 1.48. The summed E-state index contributed by atoms with van der Waals surface area (Å²) in [4.78, 5) is 12.3. The molecule has 0 saturated carbocycles. The Morgan fingerprint density at radius 2 is 1.95 bits per heavy atom. The van der Waals surface area contributed by atoms with E-state index < -0.39 is 14.9 Å². The lowest BCUT2D eigenvalue weighted by atomic mass is 9.98. The van der Waals surface area contributed by atoms with Crippen LogP contribution in [0.3, 0.4) is 0 Å². The van der Waals surface area contributed by atoms with E-state index in [1.54, 1.807) is 0 Å². The smallest absolute Gasteiger partial charge is 0.293 e. The van der Waals surface area contributed by atoms with E-state index in [4.69, 9.17) is 5.14 Å². The molecule has 20 heavy (non-hydrogen) atoms. The summed E-state index contributed by atoms with van der Waals surface area (Å²) in [6.45, 7) is 3.61. The van der Waals surface area contributed by atoms with Crippen molar-refractivity contribution in [2.24, 2.45) is 11.1 Å². The summed E-state index contributed by atoms with van der Waals surface area (Å²) < 4.78 is 22.6. The Morgan fingerprint density at radius 1 is 1.35 bits per heavy atom. The zero-order chi connectivity index (χ0) is 14.9. The molecule has 0 aromatic heterocycles. The molecule has 0 atom stereocenters. The van der Waals surface area contributed by atoms with Crippen LogP contribution in [0.25, 0.3) is 0 Å². The maximum atomic E-state index is 11.3. The lowest BCUT2D eigenvalue weighted by Gasteiger charge is -2.31. The summed E-state index contributed by atoms with van der Waals surface area (Å²) >= 11 is 0. The number of benzene rings is 1. The maximum Gasteiger partial charge on any atom is 0.293 e. The first kappa shape index (κ1) is 14.7. The van der Waals surface area contributed by atoms with E-state index in [1.807, 2.05) is 4.90 Å². The second-order valence-corrected chi connectivity index (χ2v) is 6.68. The van der Waals surface area contributed by atoms with Gasteiger partial charge in [0.15, 0.2) is 0 Å². The molecule has 110 valence electrons. The first-order valence-electron chi connectivity index (χ1n) is 6.35. The van der Waals surface area contributed by atoms with Crippen molar-refractivity contribution in [1.29, 1.82) is 0 Å². The quantitative estimate of drug-likeness (QED) is 0.672. The summed E-state index contributed by atoms with van der Waals surface area (Å²) in [5.74, 6) is 0.606. The molecule has 0 radical (unpaired) electrons. The van der Waals surface area contributed by atoms with Gasteiger partial charge in [0.1, 0.15) is 5.69 Å². The average Bonchev–Trinajstić information content (AvgIpc) is 2.38. The number of nitrogens with two attached hydrogens (primary N) is 1. The van der Waals surface area contributed by atoms with Crippen LogP contribution in [-0.2, 0) is 10.0 Å². The Morgan fingerprint density at radius 3 is 2.45 bits per heavy atom. The first-order chi connectivity index (χ1) is 9.29. The van der Waals surface area contributed by atoms with Gasteiger partial charge in [-0.05, 0) is 30.9 Å². The second-order valence-electron chi connectivity index (χ2n) is 5.12. The highest BCUT2D eigenvalue weighted by atomic mass is 32.2. The van der Waals surface area contributed by atoms with Crippen LogP contribution in [0.1, 0.15) is 19.8 Å². The van der Waals surface area contributed by atoms with Crippen LogP contribution in [0.2, 0.25) is 0 Å². The molecule has 1 aliphatic heterocycles. The number of piperidine rings is 1. The molecule has 1 aromatic rings. The van der Waals surface area contributed by atoms with Crippen LogP contribution in [-0.4, -0.2) is 26.4 Å². The van der Waals surface area contributed by atoms with Gasteiger partial charge >= 0.3 is 0 Å². The highest BCUT2D eigenvalue weighted by Gasteiger charge is 2.25. The third-order valence-electron chi connectivity index (χ3n) is 3.60. The Hall–Kier alpha value is -1.67. The van der Waals surface area contributed by atoms with Crippen LogP contribution in [0.15, 0.2) is 23.1 Å². The highest BCUT2D eigenvalue weighted by Crippen LogP contribution is 2.33. The van der Waals surface area contributed by atoms with Gasteiger partial charge in [0.25, 0.3) is 5.69 Å². The molecule has 2 N–H and O–H groups in total. The van der Waals surface area contributed by atoms with Gasteiger partial charge in [-0.1, -0.05) is 6.92 Å². The molecule has 1 aromatic carbocycles. The molecule has 1 saturated heterocycles. The predicted molar refractivity (Wildman–Crippen MR) is 75.1 cm³/mol. The molecule has 0 unspecified atom stereocenters. The molecule has 7 nitrogen and oxygen atoms in total. The number of anilines is 1. The van der Waals surface area contributed by atoms with Crippen molar-refractivity contribution < 1.29 is 13.3 Å². The fourth-order valence-electron chi connectivity index (χ4n) is 2.34. The molecule has 1 fully saturated rings. The van der Waals surface area contributed by atoms with Crippen LogP contribution in [0, 0.1) is 16.0 Å². The molecular formula is C12H17N3O4S. The standard InChI is InChI=1S/C12H17N3O4S/c1-9-4-6-14(7-5-9)11-3-2-10(20(13,18)19)8-12(11)15(16)17/h2-3,8-9H,4-7H2,1H3,(H2,13,18,19). The van der Waals surface area contributed by atoms with Gasteiger partial charge in [0.05, 0.1) is 9.82 Å². The normalized spacial score (nSPS) is 17.2. The number of nitro groups is 1. The number of primary sulfonamides is 1. The van der Waals surface area contributed by atoms with E-state index in [0.717, 1.165) is 32.0 Å². The van der Waals surface area contributed by atoms with Crippen molar-refractivity contribution in [3.8, 4) is 0 Å². The Kier molecular flexibility index (Phi) is 3.96. The van der Waals surface area contributed by atoms with Crippen molar-refractivity contribution in [1.82, 2.24) is 0 Å². The van der Waals surface area contributed by atoms with E-state index in [2.05, 4.69) is 6.92 Å². The fourth-order valence-corrected chi connectivity index (χ4v) is 2.88. The SMILES string of the molecule is CC1CCN(c2ccc(S(N)(=O)=O)cc2[N+](=O)[O-])CC1. The minimum Gasteiger partial charge on any atom is -0.366 e. The van der Waals surface area contributed by atoms with Gasteiger partial charge in [-0.2, -0.15) is 0 Å². The van der Waals surface area contributed by atoms with Gasteiger partial charge < -0.3 is 4.90 Å². The topological polar surface area (TPSA) is 107 Å². The van der Waals surface area contributed by atoms with E-state index in [-0.39, 0.29) is 10.6 Å². The van der Waals surface area contributed by atoms with Crippen LogP contribution >= 0.6 is 0 Å². The van der Waals surface area contributed by atoms with Crippen LogP contribution < -0.4 is 10.0 Å². The second kappa shape index (κ2) is 5.37. The molecule has 0 spiro atoms. The van der Waals surface area contributed by atoms with E-state index in [1.165, 1.54) is 12.1 Å². The van der Waals surface area contributed by atoms with Crippen LogP contribution in [0.5, 0.6) is 0 Å². The van der Waals surface area contributed by atoms with Gasteiger partial charge in [-0.3, -0.25) is 10.1 Å². The van der Waals surface area contributed by atoms with Gasteiger partial charge in [-0.25, -0.2) is 13.6 Å². The van der Waals surface area contributed by atoms with Crippen molar-refractivity contribution >= 4 is 21.4 Å². The summed E-state index contributed by atoms with van der Waals surface area (Å²) in [7, 11) is -3.94. The Labute approximate surface area is 117 Å². The van der Waals surface area contributed by atoms with E-state index >= 15 is 0 Å². The Bertz CT molecular complexity index is 622. The number of rotatable bonds is 3. The van der Waals surface area contributed by atoms with Gasteiger partial charge in [-0.15, -0.1) is 0 Å². The largest absolute Gasteiger partial charge is 0.366 e. The first-order valence-corrected chi connectivity index (χ1v) is 7.90. The highest BCUT2D eigenvalue weighted by molar-refractivity contribution is 7.89. The fraction of sp³-hybridized carbons (Fsp3) is 0.500. The third kappa shape index (κ3) is 3.07. The molecule has 2 rings (SSSR count). The van der Waals surface area contributed by atoms with Crippen molar-refractivity contribution in [2.45, 2.75) is 24.7 Å². The monoisotopic (exact) mass is 299 g/mol. The molecule has 0 aliphatic carbocycles. The number of nitrogens with zero attached hydrogens (tertiary/aromatic N) is 2. The zero-order valence-corrected chi connectivity index (χ0v) is 12.0. The van der Waals surface area contributed by atoms with Gasteiger partial charge in [0.2, 0.25) is 10.0 Å². The zero-order valence-electron chi connectivity index (χ0n) is 11.2. The molecule has 8 heteroatoms. The summed E-state index contributed by atoms with van der Waals surface area (Å²) in [6.07, 6.45) is 1.93. The number of sulfonamides is 1. The summed E-state index contributed by atoms with van der Waals surface area (Å²) in [5.41, 5.74) is 0.236. The minimum absolute atomic E-state index is 0.217.